The second-order valence-electron chi connectivity index (χ2n) is 8.65. The largest absolute Gasteiger partial charge is 0.387 e. The average Bonchev–Trinajstić information content (AvgIpc) is 2.81. The Bertz CT molecular complexity index is 892. The summed E-state index contributed by atoms with van der Waals surface area (Å²) in [5.41, 5.74) is 4.60. The number of aliphatic hydroxyl groups excluding tert-OH is 1. The summed E-state index contributed by atoms with van der Waals surface area (Å²) in [7, 11) is 0. The van der Waals surface area contributed by atoms with Gasteiger partial charge in [-0.2, -0.15) is 0 Å². The smallest absolute Gasteiger partial charge is 0.0952 e. The summed E-state index contributed by atoms with van der Waals surface area (Å²) in [5, 5.41) is 16.0. The topological polar surface area (TPSA) is 51.6 Å². The minimum Gasteiger partial charge on any atom is -0.387 e. The van der Waals surface area contributed by atoms with E-state index in [2.05, 4.69) is 65.1 Å². The molecule has 30 heavy (non-hydrogen) atoms. The fourth-order valence-electron chi connectivity index (χ4n) is 5.24. The van der Waals surface area contributed by atoms with E-state index in [9.17, 15) is 5.11 Å². The molecule has 3 aliphatic rings. The zero-order valence-corrected chi connectivity index (χ0v) is 18.6. The minimum absolute atomic E-state index is 0.192. The Morgan fingerprint density at radius 3 is 2.83 bits per heavy atom. The van der Waals surface area contributed by atoms with Crippen molar-refractivity contribution in [2.75, 3.05) is 44.6 Å². The Morgan fingerprint density at radius 1 is 1.30 bits per heavy atom. The molecule has 0 saturated carbocycles. The summed E-state index contributed by atoms with van der Waals surface area (Å²) in [6, 6.07) is 8.52. The molecule has 4 atom stereocenters. The van der Waals surface area contributed by atoms with Crippen LogP contribution in [0, 0.1) is 5.92 Å². The van der Waals surface area contributed by atoms with Crippen LogP contribution in [0.5, 0.6) is 0 Å². The second-order valence-corrected chi connectivity index (χ2v) is 8.65. The van der Waals surface area contributed by atoms with Crippen molar-refractivity contribution >= 4 is 16.6 Å². The van der Waals surface area contributed by atoms with Crippen LogP contribution in [0.4, 0.5) is 5.69 Å². The molecule has 4 heterocycles. The molecule has 5 nitrogen and oxygen atoms in total. The van der Waals surface area contributed by atoms with Crippen molar-refractivity contribution in [2.45, 2.75) is 45.8 Å². The molecule has 5 rings (SSSR count). The number of nitrogens with one attached hydrogen (secondary N) is 1. The quantitative estimate of drug-likeness (QED) is 0.645. The first kappa shape index (κ1) is 21.3. The maximum Gasteiger partial charge on any atom is 0.0952 e. The van der Waals surface area contributed by atoms with E-state index < -0.39 is 6.10 Å². The lowest BCUT2D eigenvalue weighted by atomic mass is 9.76. The maximum atomic E-state index is 11.4. The summed E-state index contributed by atoms with van der Waals surface area (Å²) >= 11 is 0. The predicted molar refractivity (Wildman–Crippen MR) is 125 cm³/mol. The molecule has 3 fully saturated rings. The number of allylic oxidation sites excluding steroid dienone is 1. The van der Waals surface area contributed by atoms with Crippen LogP contribution < -0.4 is 5.32 Å². The van der Waals surface area contributed by atoms with Gasteiger partial charge in [0.05, 0.1) is 11.6 Å². The zero-order chi connectivity index (χ0) is 21.1. The van der Waals surface area contributed by atoms with E-state index >= 15 is 0 Å². The molecule has 2 aromatic rings. The Labute approximate surface area is 180 Å². The zero-order valence-electron chi connectivity index (χ0n) is 18.6. The molecule has 0 radical (unpaired) electrons. The fraction of sp³-hybridized carbons (Fsp3) is 0.560. The number of nitrogens with zero attached hydrogens (tertiary/aromatic N) is 3. The molecule has 2 bridgehead atoms. The van der Waals surface area contributed by atoms with Gasteiger partial charge in [-0.05, 0) is 75.1 Å². The normalized spacial score (nSPS) is 25.9. The van der Waals surface area contributed by atoms with Crippen LogP contribution in [0.25, 0.3) is 10.9 Å². The number of hydrogen-bond donors (Lipinski definition) is 2. The van der Waals surface area contributed by atoms with Crippen molar-refractivity contribution < 1.29 is 5.11 Å². The van der Waals surface area contributed by atoms with Crippen LogP contribution in [0.3, 0.4) is 0 Å². The molecule has 0 aliphatic carbocycles. The van der Waals surface area contributed by atoms with Crippen molar-refractivity contribution in [3.63, 3.8) is 0 Å². The molecular formula is C25H36N4O. The summed E-state index contributed by atoms with van der Waals surface area (Å²) in [6.07, 6.45) is 5.90. The van der Waals surface area contributed by atoms with Gasteiger partial charge in [0.1, 0.15) is 0 Å². The molecule has 5 heteroatoms. The summed E-state index contributed by atoms with van der Waals surface area (Å²) in [6.45, 7) is 12.7. The van der Waals surface area contributed by atoms with Crippen LogP contribution in [0.15, 0.2) is 42.1 Å². The molecule has 3 aliphatic heterocycles. The maximum absolute atomic E-state index is 11.4. The second kappa shape index (κ2) is 9.46. The van der Waals surface area contributed by atoms with Gasteiger partial charge in [0.2, 0.25) is 0 Å². The number of likely N-dealkylation sites (N-methyl/N-ethyl adjacent to an activating group) is 1. The lowest BCUT2D eigenvalue weighted by Crippen LogP contribution is -2.52. The highest BCUT2D eigenvalue weighted by atomic mass is 16.3. The van der Waals surface area contributed by atoms with Crippen LogP contribution >= 0.6 is 0 Å². The van der Waals surface area contributed by atoms with E-state index in [0.717, 1.165) is 67.8 Å². The number of hydrogen-bond acceptors (Lipinski definition) is 5. The molecule has 2 N–H and O–H groups in total. The number of fused-ring (bicyclic) bond motifs is 4. The third-order valence-electron chi connectivity index (χ3n) is 7.15. The van der Waals surface area contributed by atoms with E-state index in [-0.39, 0.29) is 6.04 Å². The van der Waals surface area contributed by atoms with E-state index in [1.165, 1.54) is 6.42 Å². The molecule has 0 amide bonds. The Morgan fingerprint density at radius 2 is 2.13 bits per heavy atom. The van der Waals surface area contributed by atoms with Gasteiger partial charge in [-0.15, -0.1) is 0 Å². The average molecular weight is 409 g/mol. The van der Waals surface area contributed by atoms with Crippen molar-refractivity contribution in [1.29, 1.82) is 0 Å². The standard InChI is InChI=1S/C25H36N4O/c1-4-18-17-29-13-10-19(18)15-24(29)25(30)21-9-11-27-23-8-7-20(16-22(21)23)26-12-14-28(5-2)6-3/h4,7-9,11,16,19,24-26,30H,5-6,10,12-15,17H2,1-3H3/b18-4-. The first-order valence-corrected chi connectivity index (χ1v) is 11.6. The van der Waals surface area contributed by atoms with Gasteiger partial charge in [-0.25, -0.2) is 0 Å². The van der Waals surface area contributed by atoms with Crippen molar-refractivity contribution in [2.24, 2.45) is 5.92 Å². The summed E-state index contributed by atoms with van der Waals surface area (Å²) in [4.78, 5) is 9.43. The number of aromatic nitrogens is 1. The van der Waals surface area contributed by atoms with Gasteiger partial charge in [-0.1, -0.05) is 25.5 Å². The number of benzene rings is 1. The highest BCUT2D eigenvalue weighted by Gasteiger charge is 2.40. The number of piperidine rings is 3. The minimum atomic E-state index is -0.484. The molecule has 162 valence electrons. The number of aliphatic hydroxyl groups is 1. The number of pyridine rings is 1. The van der Waals surface area contributed by atoms with E-state index in [0.29, 0.717) is 5.92 Å². The fourth-order valence-corrected chi connectivity index (χ4v) is 5.24. The lowest BCUT2D eigenvalue weighted by Gasteiger charge is -2.48. The Kier molecular flexibility index (Phi) is 6.71. The van der Waals surface area contributed by atoms with Crippen LogP contribution in [-0.4, -0.2) is 65.2 Å². The van der Waals surface area contributed by atoms with E-state index in [1.54, 1.807) is 5.57 Å². The number of anilines is 1. The molecule has 0 spiro atoms. The van der Waals surface area contributed by atoms with E-state index in [1.807, 2.05) is 12.3 Å². The monoisotopic (exact) mass is 408 g/mol. The highest BCUT2D eigenvalue weighted by molar-refractivity contribution is 5.85. The molecular weight excluding hydrogens is 372 g/mol. The van der Waals surface area contributed by atoms with Gasteiger partial charge in [0.25, 0.3) is 0 Å². The first-order valence-electron chi connectivity index (χ1n) is 11.6. The van der Waals surface area contributed by atoms with Gasteiger partial charge in [0, 0.05) is 42.9 Å². The van der Waals surface area contributed by atoms with Gasteiger partial charge in [0.15, 0.2) is 0 Å². The molecule has 1 aromatic carbocycles. The van der Waals surface area contributed by atoms with Crippen LogP contribution in [0.1, 0.15) is 45.3 Å². The predicted octanol–water partition coefficient (Wildman–Crippen LogP) is 4.06. The summed E-state index contributed by atoms with van der Waals surface area (Å²) in [5.74, 6) is 0.630. The SMILES string of the molecule is C/C=C1/CN2CCC1CC2C(O)c1ccnc2ccc(NCCN(CC)CC)cc12. The third-order valence-corrected chi connectivity index (χ3v) is 7.15. The lowest BCUT2D eigenvalue weighted by molar-refractivity contribution is -0.00340. The van der Waals surface area contributed by atoms with Crippen LogP contribution in [0.2, 0.25) is 0 Å². The van der Waals surface area contributed by atoms with Gasteiger partial charge < -0.3 is 15.3 Å². The molecule has 1 aromatic heterocycles. The highest BCUT2D eigenvalue weighted by Crippen LogP contribution is 2.41. The van der Waals surface area contributed by atoms with E-state index in [4.69, 9.17) is 0 Å². The third kappa shape index (κ3) is 4.25. The Hall–Kier alpha value is -1.95. The van der Waals surface area contributed by atoms with Crippen molar-refractivity contribution in [3.05, 3.63) is 47.7 Å². The number of rotatable bonds is 8. The molecule has 4 unspecified atom stereocenters. The van der Waals surface area contributed by atoms with Crippen molar-refractivity contribution in [3.8, 4) is 0 Å². The first-order chi connectivity index (χ1) is 14.6. The van der Waals surface area contributed by atoms with Crippen LogP contribution in [-0.2, 0) is 0 Å². The Balaban J connectivity index is 1.54. The van der Waals surface area contributed by atoms with Gasteiger partial charge in [-0.3, -0.25) is 9.88 Å². The molecule has 3 saturated heterocycles. The van der Waals surface area contributed by atoms with Crippen molar-refractivity contribution in [1.82, 2.24) is 14.8 Å². The summed E-state index contributed by atoms with van der Waals surface area (Å²) < 4.78 is 0. The van der Waals surface area contributed by atoms with Gasteiger partial charge >= 0.3 is 0 Å².